The first-order valence-corrected chi connectivity index (χ1v) is 9.74. The quantitative estimate of drug-likeness (QED) is 0.279. The zero-order valence-corrected chi connectivity index (χ0v) is 17.0. The van der Waals surface area contributed by atoms with E-state index in [-0.39, 0.29) is 30.4 Å². The SMILES string of the molecule is COC12SCC(COC(C)=O)=C(C(=O)OCc3ccc([N+](=O)[O-])cc3)N1C(=O)C2N. The van der Waals surface area contributed by atoms with Gasteiger partial charge in [0.2, 0.25) is 5.06 Å². The van der Waals surface area contributed by atoms with Gasteiger partial charge in [0.05, 0.1) is 4.92 Å². The van der Waals surface area contributed by atoms with Crippen LogP contribution in [0.5, 0.6) is 0 Å². The third kappa shape index (κ3) is 3.76. The van der Waals surface area contributed by atoms with Gasteiger partial charge in [0, 0.05) is 37.5 Å². The number of hydrogen-bond acceptors (Lipinski definition) is 10. The van der Waals surface area contributed by atoms with Crippen molar-refractivity contribution in [3.05, 3.63) is 51.2 Å². The van der Waals surface area contributed by atoms with Crippen LogP contribution in [0.25, 0.3) is 0 Å². The molecule has 30 heavy (non-hydrogen) atoms. The lowest BCUT2D eigenvalue weighted by molar-refractivity contribution is -0.384. The van der Waals surface area contributed by atoms with E-state index in [2.05, 4.69) is 0 Å². The van der Waals surface area contributed by atoms with Gasteiger partial charge < -0.3 is 19.9 Å². The molecule has 0 radical (unpaired) electrons. The Kier molecular flexibility index (Phi) is 6.10. The van der Waals surface area contributed by atoms with Crippen molar-refractivity contribution in [2.45, 2.75) is 24.6 Å². The van der Waals surface area contributed by atoms with E-state index in [0.717, 1.165) is 4.90 Å². The number of thioether (sulfide) groups is 1. The van der Waals surface area contributed by atoms with E-state index in [1.54, 1.807) is 0 Å². The molecule has 1 aromatic carbocycles. The topological polar surface area (TPSA) is 151 Å². The monoisotopic (exact) mass is 437 g/mol. The second kappa shape index (κ2) is 8.42. The van der Waals surface area contributed by atoms with E-state index in [1.165, 1.54) is 50.1 Å². The fourth-order valence-electron chi connectivity index (χ4n) is 3.10. The summed E-state index contributed by atoms with van der Waals surface area (Å²) in [5, 5.41) is 9.50. The van der Waals surface area contributed by atoms with Crippen LogP contribution >= 0.6 is 11.8 Å². The summed E-state index contributed by atoms with van der Waals surface area (Å²) >= 11 is 1.21. The molecule has 1 amide bonds. The fraction of sp³-hybridized carbons (Fsp3) is 0.389. The Hall–Kier alpha value is -2.96. The molecule has 2 heterocycles. The van der Waals surface area contributed by atoms with Crippen LogP contribution in [0.15, 0.2) is 35.5 Å². The van der Waals surface area contributed by atoms with Crippen molar-refractivity contribution < 1.29 is 33.5 Å². The number of amides is 1. The third-order valence-corrected chi connectivity index (χ3v) is 6.17. The molecule has 1 saturated heterocycles. The second-order valence-electron chi connectivity index (χ2n) is 6.51. The molecule has 0 spiro atoms. The minimum Gasteiger partial charge on any atom is -0.461 e. The third-order valence-electron chi connectivity index (χ3n) is 4.66. The van der Waals surface area contributed by atoms with Crippen molar-refractivity contribution >= 4 is 35.3 Å². The van der Waals surface area contributed by atoms with Crippen molar-refractivity contribution in [1.29, 1.82) is 0 Å². The summed E-state index contributed by atoms with van der Waals surface area (Å²) in [5.41, 5.74) is 6.64. The highest BCUT2D eigenvalue weighted by Crippen LogP contribution is 2.49. The summed E-state index contributed by atoms with van der Waals surface area (Å²) in [4.78, 5) is 47.8. The van der Waals surface area contributed by atoms with Crippen molar-refractivity contribution in [3.63, 3.8) is 0 Å². The number of fused-ring (bicyclic) bond motifs is 1. The number of β-lactam (4-membered cyclic amide) rings is 1. The average molecular weight is 437 g/mol. The predicted octanol–water partition coefficient (Wildman–Crippen LogP) is 0.672. The lowest BCUT2D eigenvalue weighted by Gasteiger charge is -2.56. The summed E-state index contributed by atoms with van der Waals surface area (Å²) in [6, 6.07) is 4.54. The van der Waals surface area contributed by atoms with E-state index < -0.39 is 33.9 Å². The molecule has 0 saturated carbocycles. The molecule has 1 fully saturated rings. The Morgan fingerprint density at radius 2 is 1.97 bits per heavy atom. The number of nitrogens with zero attached hydrogens (tertiary/aromatic N) is 2. The lowest BCUT2D eigenvalue weighted by atomic mass is 10.0. The molecule has 2 atom stereocenters. The molecule has 0 bridgehead atoms. The maximum atomic E-state index is 12.9. The number of hydrogen-bond donors (Lipinski definition) is 1. The van der Waals surface area contributed by atoms with Crippen LogP contribution in [0, 0.1) is 10.1 Å². The van der Waals surface area contributed by atoms with Crippen LogP contribution in [-0.4, -0.2) is 58.2 Å². The first kappa shape index (κ1) is 21.7. The normalized spacial score (nSPS) is 22.8. The molecule has 3 rings (SSSR count). The van der Waals surface area contributed by atoms with Crippen LogP contribution in [0.4, 0.5) is 5.69 Å². The van der Waals surface area contributed by atoms with Gasteiger partial charge in [-0.05, 0) is 17.7 Å². The van der Waals surface area contributed by atoms with E-state index >= 15 is 0 Å². The maximum Gasteiger partial charge on any atom is 0.355 e. The first-order valence-electron chi connectivity index (χ1n) is 8.76. The Morgan fingerprint density at radius 1 is 1.30 bits per heavy atom. The van der Waals surface area contributed by atoms with Crippen LogP contribution < -0.4 is 5.73 Å². The number of nitro groups is 1. The van der Waals surface area contributed by atoms with E-state index in [0.29, 0.717) is 11.1 Å². The Bertz CT molecular complexity index is 932. The minimum atomic E-state index is -1.24. The number of benzene rings is 1. The highest BCUT2D eigenvalue weighted by atomic mass is 32.2. The van der Waals surface area contributed by atoms with Crippen molar-refractivity contribution in [3.8, 4) is 0 Å². The number of non-ortho nitro benzene ring substituents is 1. The van der Waals surface area contributed by atoms with Crippen molar-refractivity contribution in [2.24, 2.45) is 5.73 Å². The summed E-state index contributed by atoms with van der Waals surface area (Å²) in [6.07, 6.45) is 0. The van der Waals surface area contributed by atoms with Gasteiger partial charge in [0.25, 0.3) is 11.6 Å². The number of carbonyl (C=O) groups is 3. The first-order chi connectivity index (χ1) is 14.2. The molecule has 11 nitrogen and oxygen atoms in total. The molecule has 0 aromatic heterocycles. The van der Waals surface area contributed by atoms with Gasteiger partial charge in [-0.1, -0.05) is 11.8 Å². The molecule has 0 aliphatic carbocycles. The summed E-state index contributed by atoms with van der Waals surface area (Å²) < 4.78 is 15.8. The lowest BCUT2D eigenvalue weighted by Crippen LogP contribution is -2.78. The van der Waals surface area contributed by atoms with Gasteiger partial charge in [0.15, 0.2) is 0 Å². The zero-order chi connectivity index (χ0) is 22.1. The van der Waals surface area contributed by atoms with Crippen molar-refractivity contribution in [2.75, 3.05) is 19.5 Å². The largest absolute Gasteiger partial charge is 0.461 e. The molecule has 2 unspecified atom stereocenters. The number of rotatable bonds is 7. The van der Waals surface area contributed by atoms with Crippen molar-refractivity contribution in [1.82, 2.24) is 4.90 Å². The predicted molar refractivity (Wildman–Crippen MR) is 104 cm³/mol. The maximum absolute atomic E-state index is 12.9. The standard InChI is InChI=1S/C18H19N3O8S/c1-10(22)28-8-12-9-30-18(27-2)15(19)16(23)20(18)14(12)17(24)29-7-11-3-5-13(6-4-11)21(25)26/h3-6,15H,7-9,19H2,1-2H3. The number of esters is 2. The molecule has 2 aliphatic heterocycles. The van der Waals surface area contributed by atoms with E-state index in [4.69, 9.17) is 19.9 Å². The van der Waals surface area contributed by atoms with Gasteiger partial charge in [0.1, 0.15) is 25.0 Å². The van der Waals surface area contributed by atoms with Gasteiger partial charge in [-0.25, -0.2) is 4.79 Å². The van der Waals surface area contributed by atoms with E-state index in [1.807, 2.05) is 0 Å². The highest BCUT2D eigenvalue weighted by molar-refractivity contribution is 8.00. The van der Waals surface area contributed by atoms with Gasteiger partial charge in [-0.15, -0.1) is 0 Å². The van der Waals surface area contributed by atoms with Gasteiger partial charge >= 0.3 is 11.9 Å². The second-order valence-corrected chi connectivity index (χ2v) is 7.67. The molecule has 2 N–H and O–H groups in total. The zero-order valence-electron chi connectivity index (χ0n) is 16.2. The molecular weight excluding hydrogens is 418 g/mol. The van der Waals surface area contributed by atoms with Crippen LogP contribution in [0.2, 0.25) is 0 Å². The molecule has 12 heteroatoms. The molecule has 1 aromatic rings. The fourth-order valence-corrected chi connectivity index (χ4v) is 4.41. The Balaban J connectivity index is 1.83. The number of nitro benzene ring substituents is 1. The number of carbonyl (C=O) groups excluding carboxylic acids is 3. The Morgan fingerprint density at radius 3 is 2.53 bits per heavy atom. The summed E-state index contributed by atoms with van der Waals surface area (Å²) in [5.74, 6) is -1.65. The van der Waals surface area contributed by atoms with Crippen LogP contribution in [0.3, 0.4) is 0 Å². The van der Waals surface area contributed by atoms with Gasteiger partial charge in [-0.2, -0.15) is 0 Å². The number of ether oxygens (including phenoxy) is 3. The highest BCUT2D eigenvalue weighted by Gasteiger charge is 2.64. The van der Waals surface area contributed by atoms with Crippen LogP contribution in [-0.2, 0) is 35.2 Å². The molecular formula is C18H19N3O8S. The average Bonchev–Trinajstić information content (AvgIpc) is 2.74. The summed E-state index contributed by atoms with van der Waals surface area (Å²) in [7, 11) is 1.38. The number of nitrogens with two attached hydrogens (primary N) is 1. The minimum absolute atomic E-state index is 0.0783. The smallest absolute Gasteiger partial charge is 0.355 e. The number of methoxy groups -OCH3 is 1. The van der Waals surface area contributed by atoms with E-state index in [9.17, 15) is 24.5 Å². The Labute approximate surface area is 175 Å². The summed E-state index contributed by atoms with van der Waals surface area (Å²) in [6.45, 7) is 0.860. The molecule has 2 aliphatic rings. The molecule has 160 valence electrons. The van der Waals surface area contributed by atoms with Crippen LogP contribution in [0.1, 0.15) is 12.5 Å². The van der Waals surface area contributed by atoms with Gasteiger partial charge in [-0.3, -0.25) is 24.6 Å².